The van der Waals surface area contributed by atoms with E-state index in [1.165, 1.54) is 11.8 Å². The molecule has 0 saturated carbocycles. The normalized spacial score (nSPS) is 15.1. The van der Waals surface area contributed by atoms with E-state index in [0.29, 0.717) is 30.6 Å². The molecule has 0 fully saturated rings. The van der Waals surface area contributed by atoms with E-state index in [1.54, 1.807) is 9.58 Å². The molecule has 156 valence electrons. The van der Waals surface area contributed by atoms with Gasteiger partial charge in [-0.25, -0.2) is 0 Å². The maximum absolute atomic E-state index is 12.8. The Morgan fingerprint density at radius 1 is 1.20 bits per heavy atom. The van der Waals surface area contributed by atoms with E-state index in [4.69, 9.17) is 9.47 Å². The molecule has 1 aromatic heterocycles. The van der Waals surface area contributed by atoms with E-state index in [2.05, 4.69) is 15.5 Å². The number of carbonyl (C=O) groups excluding carboxylic acids is 1. The van der Waals surface area contributed by atoms with Gasteiger partial charge in [-0.15, -0.1) is 5.10 Å². The smallest absolute Gasteiger partial charge is 0.233 e. The van der Waals surface area contributed by atoms with E-state index >= 15 is 0 Å². The number of likely N-dealkylation sites (N-methyl/N-ethyl adjacent to an activating group) is 1. The van der Waals surface area contributed by atoms with Gasteiger partial charge in [-0.1, -0.05) is 41.6 Å². The third kappa shape index (κ3) is 4.56. The predicted molar refractivity (Wildman–Crippen MR) is 113 cm³/mol. The van der Waals surface area contributed by atoms with Crippen molar-refractivity contribution in [1.82, 2.24) is 25.1 Å². The van der Waals surface area contributed by atoms with Gasteiger partial charge in [-0.05, 0) is 48.5 Å². The zero-order chi connectivity index (χ0) is 20.9. The zero-order valence-electron chi connectivity index (χ0n) is 16.9. The summed E-state index contributed by atoms with van der Waals surface area (Å²) in [5.41, 5.74) is 2.02. The number of ether oxygens (including phenoxy) is 2. The highest BCUT2D eigenvalue weighted by Crippen LogP contribution is 2.31. The minimum Gasteiger partial charge on any atom is -0.486 e. The van der Waals surface area contributed by atoms with Crippen LogP contribution in [0.3, 0.4) is 0 Å². The van der Waals surface area contributed by atoms with Gasteiger partial charge in [0.15, 0.2) is 17.6 Å². The molecule has 2 heterocycles. The molecule has 8 nitrogen and oxygen atoms in total. The van der Waals surface area contributed by atoms with Crippen molar-refractivity contribution >= 4 is 17.7 Å². The third-order valence-electron chi connectivity index (χ3n) is 4.77. The molecule has 0 saturated heterocycles. The molecule has 0 aliphatic carbocycles. The van der Waals surface area contributed by atoms with E-state index in [-0.39, 0.29) is 17.8 Å². The number of amides is 1. The molecule has 0 spiro atoms. The summed E-state index contributed by atoms with van der Waals surface area (Å²) in [6.45, 7) is 5.45. The standard InChI is InChI=1S/C21H23N5O3S/c1-3-25(12-17-13-28-18-6-4-5-7-19(18)29-17)20(27)14-30-21-22-23-24-26(21)16-10-8-15(2)9-11-16/h4-11,17H,3,12-14H2,1-2H3. The van der Waals surface area contributed by atoms with E-state index in [1.807, 2.05) is 62.4 Å². The van der Waals surface area contributed by atoms with Crippen LogP contribution >= 0.6 is 11.8 Å². The number of nitrogens with zero attached hydrogens (tertiary/aromatic N) is 5. The number of hydrogen-bond acceptors (Lipinski definition) is 7. The lowest BCUT2D eigenvalue weighted by Gasteiger charge is -2.30. The van der Waals surface area contributed by atoms with Crippen molar-refractivity contribution < 1.29 is 14.3 Å². The number of hydrogen-bond donors (Lipinski definition) is 0. The highest BCUT2D eigenvalue weighted by atomic mass is 32.2. The fourth-order valence-electron chi connectivity index (χ4n) is 3.14. The summed E-state index contributed by atoms with van der Waals surface area (Å²) >= 11 is 1.32. The SMILES string of the molecule is CCN(CC1COc2ccccc2O1)C(=O)CSc1nnnn1-c1ccc(C)cc1. The molecule has 3 aromatic rings. The fraction of sp³-hybridized carbons (Fsp3) is 0.333. The molecule has 0 N–H and O–H groups in total. The number of rotatable bonds is 7. The molecule has 1 unspecified atom stereocenters. The van der Waals surface area contributed by atoms with Crippen molar-refractivity contribution in [3.8, 4) is 17.2 Å². The Balaban J connectivity index is 1.36. The van der Waals surface area contributed by atoms with E-state index < -0.39 is 0 Å². The Morgan fingerprint density at radius 3 is 2.73 bits per heavy atom. The van der Waals surface area contributed by atoms with Gasteiger partial charge in [0, 0.05) is 6.54 Å². The second-order valence-corrected chi connectivity index (χ2v) is 7.87. The Labute approximate surface area is 179 Å². The maximum atomic E-state index is 12.8. The first-order chi connectivity index (χ1) is 14.6. The molecule has 2 aromatic carbocycles. The summed E-state index contributed by atoms with van der Waals surface area (Å²) in [7, 11) is 0. The molecule has 0 radical (unpaired) electrons. The van der Waals surface area contributed by atoms with Gasteiger partial charge in [-0.3, -0.25) is 4.79 Å². The van der Waals surface area contributed by atoms with Gasteiger partial charge in [0.25, 0.3) is 0 Å². The topological polar surface area (TPSA) is 82.4 Å². The van der Waals surface area contributed by atoms with Crippen molar-refractivity contribution in [1.29, 1.82) is 0 Å². The van der Waals surface area contributed by atoms with Crippen molar-refractivity contribution in [2.24, 2.45) is 0 Å². The first-order valence-corrected chi connectivity index (χ1v) is 10.8. The fourth-order valence-corrected chi connectivity index (χ4v) is 3.93. The quantitative estimate of drug-likeness (QED) is 0.538. The van der Waals surface area contributed by atoms with E-state index in [0.717, 1.165) is 17.0 Å². The third-order valence-corrected chi connectivity index (χ3v) is 5.67. The predicted octanol–water partition coefficient (Wildman–Crippen LogP) is 2.75. The first-order valence-electron chi connectivity index (χ1n) is 9.78. The Kier molecular flexibility index (Phi) is 6.18. The molecule has 4 rings (SSSR count). The van der Waals surface area contributed by atoms with Crippen LogP contribution in [0.5, 0.6) is 11.5 Å². The molecule has 1 atom stereocenters. The lowest BCUT2D eigenvalue weighted by atomic mass is 10.2. The van der Waals surface area contributed by atoms with Crippen molar-refractivity contribution in [3.63, 3.8) is 0 Å². The van der Waals surface area contributed by atoms with Gasteiger partial charge in [0.2, 0.25) is 11.1 Å². The molecule has 1 aliphatic rings. The molecule has 30 heavy (non-hydrogen) atoms. The lowest BCUT2D eigenvalue weighted by molar-refractivity contribution is -0.129. The summed E-state index contributed by atoms with van der Waals surface area (Å²) in [6.07, 6.45) is -0.202. The van der Waals surface area contributed by atoms with Crippen LogP contribution < -0.4 is 9.47 Å². The first kappa shape index (κ1) is 20.2. The minimum absolute atomic E-state index is 0.00316. The highest BCUT2D eigenvalue weighted by molar-refractivity contribution is 7.99. The molecular formula is C21H23N5O3S. The highest BCUT2D eigenvalue weighted by Gasteiger charge is 2.25. The van der Waals surface area contributed by atoms with Crippen LogP contribution in [-0.4, -0.2) is 62.6 Å². The largest absolute Gasteiger partial charge is 0.486 e. The van der Waals surface area contributed by atoms with Crippen molar-refractivity contribution in [2.75, 3.05) is 25.4 Å². The monoisotopic (exact) mass is 425 g/mol. The molecule has 1 amide bonds. The molecule has 9 heteroatoms. The van der Waals surface area contributed by atoms with Crippen molar-refractivity contribution in [2.45, 2.75) is 25.1 Å². The van der Waals surface area contributed by atoms with E-state index in [9.17, 15) is 4.79 Å². The van der Waals surface area contributed by atoms with Crippen molar-refractivity contribution in [3.05, 3.63) is 54.1 Å². The van der Waals surface area contributed by atoms with Gasteiger partial charge in [-0.2, -0.15) is 4.68 Å². The number of aryl methyl sites for hydroxylation is 1. The average molecular weight is 426 g/mol. The maximum Gasteiger partial charge on any atom is 0.233 e. The van der Waals surface area contributed by atoms with Crippen LogP contribution in [0.15, 0.2) is 53.7 Å². The molecule has 1 aliphatic heterocycles. The summed E-state index contributed by atoms with van der Waals surface area (Å²) in [5.74, 6) is 1.69. The van der Waals surface area contributed by atoms with Crippen LogP contribution in [0, 0.1) is 6.92 Å². The second-order valence-electron chi connectivity index (χ2n) is 6.93. The lowest BCUT2D eigenvalue weighted by Crippen LogP contribution is -2.44. The number of thioether (sulfide) groups is 1. The summed E-state index contributed by atoms with van der Waals surface area (Å²) in [6, 6.07) is 15.5. The Bertz CT molecular complexity index is 1010. The van der Waals surface area contributed by atoms with Crippen LogP contribution in [0.2, 0.25) is 0 Å². The summed E-state index contributed by atoms with van der Waals surface area (Å²) in [4.78, 5) is 14.6. The Morgan fingerprint density at radius 2 is 1.97 bits per heavy atom. The average Bonchev–Trinajstić information content (AvgIpc) is 3.25. The minimum atomic E-state index is -0.202. The van der Waals surface area contributed by atoms with Gasteiger partial charge >= 0.3 is 0 Å². The zero-order valence-corrected chi connectivity index (χ0v) is 17.7. The van der Waals surface area contributed by atoms with Crippen LogP contribution in [0.25, 0.3) is 5.69 Å². The number of tetrazole rings is 1. The molecular weight excluding hydrogens is 402 g/mol. The van der Waals surface area contributed by atoms with Crippen LogP contribution in [0.4, 0.5) is 0 Å². The summed E-state index contributed by atoms with van der Waals surface area (Å²) < 4.78 is 13.4. The number of fused-ring (bicyclic) bond motifs is 1. The summed E-state index contributed by atoms with van der Waals surface area (Å²) in [5, 5.41) is 12.4. The van der Waals surface area contributed by atoms with Gasteiger partial charge < -0.3 is 14.4 Å². The van der Waals surface area contributed by atoms with Crippen LogP contribution in [-0.2, 0) is 4.79 Å². The van der Waals surface area contributed by atoms with Crippen LogP contribution in [0.1, 0.15) is 12.5 Å². The second kappa shape index (κ2) is 9.17. The van der Waals surface area contributed by atoms with Gasteiger partial charge in [0.1, 0.15) is 6.61 Å². The number of para-hydroxylation sites is 2. The number of benzene rings is 2. The van der Waals surface area contributed by atoms with Gasteiger partial charge in [0.05, 0.1) is 18.0 Å². The Hall–Kier alpha value is -3.07. The number of carbonyl (C=O) groups is 1. The number of aromatic nitrogens is 4. The molecule has 0 bridgehead atoms.